The van der Waals surface area contributed by atoms with Crippen molar-refractivity contribution in [1.29, 1.82) is 0 Å². The number of carboxylic acid groups (broad SMARTS) is 1. The third-order valence-electron chi connectivity index (χ3n) is 1.18. The topological polar surface area (TPSA) is 54.4 Å². The Kier molecular flexibility index (Phi) is 5.19. The van der Waals surface area contributed by atoms with Gasteiger partial charge in [0.2, 0.25) is 0 Å². The second-order valence-corrected chi connectivity index (χ2v) is 2.44. The van der Waals surface area contributed by atoms with E-state index >= 15 is 0 Å². The lowest BCUT2D eigenvalue weighted by molar-refractivity contribution is -0.134. The second kappa shape index (κ2) is 5.94. The van der Waals surface area contributed by atoms with Crippen molar-refractivity contribution >= 4 is 11.8 Å². The monoisotopic (exact) mass is 180 g/mol. The fourth-order valence-corrected chi connectivity index (χ4v) is 0.673. The van der Waals surface area contributed by atoms with Crippen LogP contribution in [0.4, 0.5) is 0 Å². The molecular weight excluding hydrogens is 168 g/mol. The number of rotatable bonds is 1. The van der Waals surface area contributed by atoms with Gasteiger partial charge in [-0.1, -0.05) is 30.3 Å². The number of hydrogen-bond donors (Lipinski definition) is 1. The molecule has 1 aromatic rings. The first-order chi connectivity index (χ1) is 6.04. The average molecular weight is 180 g/mol. The highest BCUT2D eigenvalue weighted by Crippen LogP contribution is 1.97. The maximum absolute atomic E-state index is 10.6. The van der Waals surface area contributed by atoms with Gasteiger partial charge in [-0.2, -0.15) is 0 Å². The SMILES string of the molecule is CC(=O)O.CC(=O)c1ccccc1. The van der Waals surface area contributed by atoms with Gasteiger partial charge in [-0.3, -0.25) is 9.59 Å². The highest BCUT2D eigenvalue weighted by Gasteiger charge is 1.92. The fraction of sp³-hybridized carbons (Fsp3) is 0.200. The number of carbonyl (C=O) groups excluding carboxylic acids is 1. The summed E-state index contributed by atoms with van der Waals surface area (Å²) in [6.45, 7) is 2.65. The van der Waals surface area contributed by atoms with Crippen molar-refractivity contribution in [2.24, 2.45) is 0 Å². The van der Waals surface area contributed by atoms with Crippen LogP contribution in [-0.2, 0) is 4.79 Å². The summed E-state index contributed by atoms with van der Waals surface area (Å²) in [7, 11) is 0. The van der Waals surface area contributed by atoms with Crippen LogP contribution >= 0.6 is 0 Å². The molecule has 0 unspecified atom stereocenters. The Labute approximate surface area is 77.0 Å². The van der Waals surface area contributed by atoms with Gasteiger partial charge in [0.05, 0.1) is 0 Å². The number of ketones is 1. The summed E-state index contributed by atoms with van der Waals surface area (Å²) in [6, 6.07) is 9.23. The van der Waals surface area contributed by atoms with E-state index in [0.29, 0.717) is 0 Å². The molecule has 0 spiro atoms. The Hall–Kier alpha value is -1.64. The molecule has 1 N–H and O–H groups in total. The summed E-state index contributed by atoms with van der Waals surface area (Å²) >= 11 is 0. The molecular formula is C10H12O3. The Balaban J connectivity index is 0.000000310. The van der Waals surface area contributed by atoms with Crippen molar-refractivity contribution in [1.82, 2.24) is 0 Å². The van der Waals surface area contributed by atoms with Crippen LogP contribution in [-0.4, -0.2) is 16.9 Å². The van der Waals surface area contributed by atoms with Crippen LogP contribution in [0.2, 0.25) is 0 Å². The summed E-state index contributed by atoms with van der Waals surface area (Å²) in [5, 5.41) is 7.42. The molecule has 13 heavy (non-hydrogen) atoms. The summed E-state index contributed by atoms with van der Waals surface area (Å²) < 4.78 is 0. The Morgan fingerprint density at radius 2 is 1.46 bits per heavy atom. The number of benzene rings is 1. The zero-order valence-corrected chi connectivity index (χ0v) is 7.65. The predicted octanol–water partition coefficient (Wildman–Crippen LogP) is 1.98. The molecule has 0 atom stereocenters. The lowest BCUT2D eigenvalue weighted by Crippen LogP contribution is -1.88. The lowest BCUT2D eigenvalue weighted by Gasteiger charge is -1.89. The zero-order chi connectivity index (χ0) is 10.3. The van der Waals surface area contributed by atoms with E-state index in [4.69, 9.17) is 9.90 Å². The number of hydrogen-bond acceptors (Lipinski definition) is 2. The van der Waals surface area contributed by atoms with Crippen LogP contribution in [0.1, 0.15) is 24.2 Å². The van der Waals surface area contributed by atoms with Crippen LogP contribution in [0.25, 0.3) is 0 Å². The van der Waals surface area contributed by atoms with Gasteiger partial charge in [-0.05, 0) is 6.92 Å². The Morgan fingerprint density at radius 3 is 1.69 bits per heavy atom. The zero-order valence-electron chi connectivity index (χ0n) is 7.65. The summed E-state index contributed by atoms with van der Waals surface area (Å²) in [6.07, 6.45) is 0. The Morgan fingerprint density at radius 1 is 1.08 bits per heavy atom. The molecule has 0 radical (unpaired) electrons. The van der Waals surface area contributed by atoms with Crippen LogP contribution in [0.15, 0.2) is 30.3 Å². The lowest BCUT2D eigenvalue weighted by atomic mass is 10.2. The molecule has 3 heteroatoms. The van der Waals surface area contributed by atoms with Crippen molar-refractivity contribution < 1.29 is 14.7 Å². The smallest absolute Gasteiger partial charge is 0.300 e. The highest BCUT2D eigenvalue weighted by molar-refractivity contribution is 5.93. The van der Waals surface area contributed by atoms with Crippen molar-refractivity contribution in [3.05, 3.63) is 35.9 Å². The maximum Gasteiger partial charge on any atom is 0.300 e. The van der Waals surface area contributed by atoms with Gasteiger partial charge in [-0.15, -0.1) is 0 Å². The van der Waals surface area contributed by atoms with E-state index in [-0.39, 0.29) is 5.78 Å². The van der Waals surface area contributed by atoms with Gasteiger partial charge >= 0.3 is 0 Å². The summed E-state index contributed by atoms with van der Waals surface area (Å²) in [5.74, 6) is -0.712. The molecule has 70 valence electrons. The normalized spacial score (nSPS) is 8.15. The summed E-state index contributed by atoms with van der Waals surface area (Å²) in [4.78, 5) is 19.6. The van der Waals surface area contributed by atoms with Gasteiger partial charge in [0, 0.05) is 12.5 Å². The number of aliphatic carboxylic acids is 1. The molecule has 0 aliphatic rings. The van der Waals surface area contributed by atoms with E-state index < -0.39 is 5.97 Å². The third-order valence-corrected chi connectivity index (χ3v) is 1.18. The number of carboxylic acids is 1. The molecule has 0 heterocycles. The summed E-state index contributed by atoms with van der Waals surface area (Å²) in [5.41, 5.74) is 0.775. The predicted molar refractivity (Wildman–Crippen MR) is 49.8 cm³/mol. The standard InChI is InChI=1S/C8H8O.C2H4O2/c1-7(9)8-5-3-2-4-6-8;1-2(3)4/h2-6H,1H3;1H3,(H,3,4). The number of carbonyl (C=O) groups is 2. The van der Waals surface area contributed by atoms with Crippen LogP contribution in [0.3, 0.4) is 0 Å². The van der Waals surface area contributed by atoms with E-state index in [1.807, 2.05) is 30.3 Å². The van der Waals surface area contributed by atoms with Gasteiger partial charge in [0.15, 0.2) is 5.78 Å². The molecule has 0 fully saturated rings. The highest BCUT2D eigenvalue weighted by atomic mass is 16.4. The minimum Gasteiger partial charge on any atom is -0.481 e. The molecule has 1 rings (SSSR count). The van der Waals surface area contributed by atoms with Crippen molar-refractivity contribution in [2.45, 2.75) is 13.8 Å². The number of Topliss-reactive ketones (excluding diaryl/α,β-unsaturated/α-hetero) is 1. The fourth-order valence-electron chi connectivity index (χ4n) is 0.673. The van der Waals surface area contributed by atoms with E-state index in [9.17, 15) is 4.79 Å². The van der Waals surface area contributed by atoms with Crippen molar-refractivity contribution in [3.8, 4) is 0 Å². The first-order valence-corrected chi connectivity index (χ1v) is 3.79. The molecule has 1 aromatic carbocycles. The molecule has 0 aliphatic carbocycles. The molecule has 0 aromatic heterocycles. The first-order valence-electron chi connectivity index (χ1n) is 3.79. The molecule has 0 amide bonds. The average Bonchev–Trinajstić information content (AvgIpc) is 2.05. The quantitative estimate of drug-likeness (QED) is 0.672. The van der Waals surface area contributed by atoms with E-state index in [2.05, 4.69) is 0 Å². The minimum atomic E-state index is -0.833. The van der Waals surface area contributed by atoms with Crippen LogP contribution in [0, 0.1) is 0 Å². The third kappa shape index (κ3) is 6.75. The van der Waals surface area contributed by atoms with Crippen molar-refractivity contribution in [2.75, 3.05) is 0 Å². The molecule has 0 saturated heterocycles. The molecule has 3 nitrogen and oxygen atoms in total. The second-order valence-electron chi connectivity index (χ2n) is 2.44. The van der Waals surface area contributed by atoms with Crippen LogP contribution < -0.4 is 0 Å². The van der Waals surface area contributed by atoms with Gasteiger partial charge in [0.1, 0.15) is 0 Å². The van der Waals surface area contributed by atoms with E-state index in [1.165, 1.54) is 0 Å². The van der Waals surface area contributed by atoms with Gasteiger partial charge in [-0.25, -0.2) is 0 Å². The largest absolute Gasteiger partial charge is 0.481 e. The van der Waals surface area contributed by atoms with Gasteiger partial charge in [0.25, 0.3) is 5.97 Å². The van der Waals surface area contributed by atoms with E-state index in [1.54, 1.807) is 6.92 Å². The molecule has 0 bridgehead atoms. The van der Waals surface area contributed by atoms with Gasteiger partial charge < -0.3 is 5.11 Å². The van der Waals surface area contributed by atoms with Crippen LogP contribution in [0.5, 0.6) is 0 Å². The first kappa shape index (κ1) is 11.4. The van der Waals surface area contributed by atoms with Crippen molar-refractivity contribution in [3.63, 3.8) is 0 Å². The maximum atomic E-state index is 10.6. The molecule has 0 aliphatic heterocycles. The Bertz CT molecular complexity index is 273. The molecule has 0 saturated carbocycles. The van der Waals surface area contributed by atoms with E-state index in [0.717, 1.165) is 12.5 Å². The minimum absolute atomic E-state index is 0.121.